The summed E-state index contributed by atoms with van der Waals surface area (Å²) >= 11 is -1.55. The Morgan fingerprint density at radius 2 is 0.543 bits per heavy atom. The molecule has 0 N–H and O–H groups in total. The fraction of sp³-hybridized carbons (Fsp3) is 1.00. The van der Waals surface area contributed by atoms with Gasteiger partial charge in [-0.2, -0.15) is 0 Å². The van der Waals surface area contributed by atoms with E-state index < -0.39 is 212 Å². The van der Waals surface area contributed by atoms with Crippen molar-refractivity contribution in [1.29, 1.82) is 0 Å². The average Bonchev–Trinajstić information content (AvgIpc) is 0.773. The van der Waals surface area contributed by atoms with Gasteiger partial charge in [0.25, 0.3) is 0 Å². The summed E-state index contributed by atoms with van der Waals surface area (Å²) < 4.78 is 294. The molecule has 94 heavy (non-hydrogen) atoms. The van der Waals surface area contributed by atoms with Gasteiger partial charge < -0.3 is 81.7 Å². The SMILES string of the molecule is CCCCCCCCO[C@H]1OC(C)[C@H](OSOO[O-])[C@H](O[C@@H]2OC(C)[C@H](OSOO[O-])[C@H](O[C@@H]3OC(C)[C@H](OSOO[O-])[C@H](O[C@@H]4OC(C)[C@H](OSOO[O-])[C@H](OS(=O)(=O)[O-])C4OS(=O)(=O)[O-])C3OS(=O)(=O)[O-])C2OS(=O)(=O)[O-])C1OS(=O)(=O)[O-].[Na+].[Na+].[Na+].[Na+].[Na+].[Na+].[Na+].[Na+].[Na+]. The topological polar surface area (TPSA) is 609 Å². The molecule has 0 aromatic heterocycles. The maximum atomic E-state index is 12.8. The van der Waals surface area contributed by atoms with E-state index in [-0.39, 0.29) is 285 Å². The molecular formula is C32H49Na9O44S9. The van der Waals surface area contributed by atoms with Crippen LogP contribution in [-0.2, 0) is 165 Å². The Hall–Kier alpha value is 8.79. The molecular weight excluding hydrogens is 1580 g/mol. The summed E-state index contributed by atoms with van der Waals surface area (Å²) in [6.45, 7) is 5.79. The molecule has 4 rings (SSSR count). The van der Waals surface area contributed by atoms with Crippen molar-refractivity contribution in [1.82, 2.24) is 0 Å². The van der Waals surface area contributed by atoms with Crippen molar-refractivity contribution in [2.75, 3.05) is 6.61 Å². The zero-order valence-electron chi connectivity index (χ0n) is 52.1. The maximum absolute atomic E-state index is 12.8. The number of unbranched alkanes of at least 4 members (excludes halogenated alkanes) is 5. The summed E-state index contributed by atoms with van der Waals surface area (Å²) in [6.07, 6.45) is -43.3. The van der Waals surface area contributed by atoms with Crippen LogP contribution in [0.2, 0.25) is 0 Å². The molecule has 4 saturated heterocycles. The standard InChI is InChI=1S/C32H58O44S9.9Na/c1-6-7-8-9-10-11-12-52-29-25(65-82(40,41)42)21(17(13(2)53-29)60-77-73-69-33)57-30-26(66-83(43,44)45)22(18(14(3)54-30)61-78-74-70-34)58-31-27(67-84(46,47)48)23(19(15(4)55-31)62-79-75-71-35)59-32-28(68-85(49,50)51)24(64-81(37,38)39)20(16(5)56-32)63-80-76-72-36;;;;;;;;;/h13-36H,6-12H2,1-5H3,(H,37,38,39)(H,40,41,42)(H,43,44,45)(H,46,47,48)(H,49,50,51);;;;;;;;;/q;9*+1/p-9/t13?,14?,15?,16?,17-,18-,19-,20-,21-,22-,23-,24-,25?,26?,27?,28?,29-,30-,31-,32-;;;;;;;;;/m0........./s1. The molecule has 0 aliphatic carbocycles. The third-order valence-electron chi connectivity index (χ3n) is 11.5. The summed E-state index contributed by atoms with van der Waals surface area (Å²) in [4.78, 5) is 0. The molecule has 4 aliphatic rings. The van der Waals surface area contributed by atoms with Gasteiger partial charge >= 0.3 is 266 Å². The van der Waals surface area contributed by atoms with Crippen LogP contribution in [0.25, 0.3) is 0 Å². The molecule has 504 valence electrons. The smallest absolute Gasteiger partial charge is 0.726 e. The van der Waals surface area contributed by atoms with E-state index in [1.807, 2.05) is 6.92 Å². The monoisotopic (exact) mass is 1630 g/mol. The molecule has 0 radical (unpaired) electrons. The predicted octanol–water partition coefficient (Wildman–Crippen LogP) is -32.6. The largest absolute Gasteiger partial charge is 1.00 e. The van der Waals surface area contributed by atoms with Crippen molar-refractivity contribution >= 4 is 101 Å². The van der Waals surface area contributed by atoms with Crippen molar-refractivity contribution in [3.05, 3.63) is 0 Å². The summed E-state index contributed by atoms with van der Waals surface area (Å²) in [5.74, 6) is 0. The van der Waals surface area contributed by atoms with E-state index in [9.17, 15) is 85.9 Å². The first-order valence-corrected chi connectivity index (χ1v) is 32.6. The van der Waals surface area contributed by atoms with Gasteiger partial charge in [0.15, 0.2) is 98.9 Å². The number of ether oxygens (including phenoxy) is 8. The number of hydrogen-bond acceptors (Lipinski definition) is 48. The minimum absolute atomic E-state index is 0. The zero-order valence-corrected chi connectivity index (χ0v) is 77.5. The van der Waals surface area contributed by atoms with Crippen molar-refractivity contribution in [2.24, 2.45) is 0 Å². The van der Waals surface area contributed by atoms with Crippen LogP contribution in [0.4, 0.5) is 0 Å². The first kappa shape index (κ1) is 114. The van der Waals surface area contributed by atoms with Gasteiger partial charge in [0.2, 0.25) is 52.0 Å². The Morgan fingerprint density at radius 3 is 0.809 bits per heavy atom. The molecule has 0 saturated carbocycles. The molecule has 0 aromatic carbocycles. The minimum Gasteiger partial charge on any atom is -0.726 e. The molecule has 4 aliphatic heterocycles. The second kappa shape index (κ2) is 56.9. The van der Waals surface area contributed by atoms with Crippen molar-refractivity contribution in [2.45, 2.75) is 196 Å². The Morgan fingerprint density at radius 1 is 0.319 bits per heavy atom. The van der Waals surface area contributed by atoms with E-state index in [1.165, 1.54) is 6.92 Å². The average molecular weight is 1630 g/mol. The molecule has 0 amide bonds. The van der Waals surface area contributed by atoms with Gasteiger partial charge in [0, 0.05) is 6.61 Å². The molecule has 0 spiro atoms. The molecule has 0 bridgehead atoms. The Kier molecular flexibility index (Phi) is 68.8. The second-order valence-electron chi connectivity index (χ2n) is 17.2. The van der Waals surface area contributed by atoms with E-state index in [0.29, 0.717) is 12.8 Å². The van der Waals surface area contributed by atoms with Crippen LogP contribution >= 0.6 is 49.3 Å². The molecule has 8 unspecified atom stereocenters. The Bertz CT molecular complexity index is 2570. The molecule has 20 atom stereocenters. The van der Waals surface area contributed by atoms with Crippen molar-refractivity contribution in [3.63, 3.8) is 0 Å². The van der Waals surface area contributed by atoms with Gasteiger partial charge in [-0.15, -0.1) is 17.3 Å². The zero-order chi connectivity index (χ0) is 63.5. The second-order valence-corrected chi connectivity index (χ2v) is 24.1. The number of rotatable bonds is 40. The normalized spacial score (nSPS) is 31.3. The predicted molar refractivity (Wildman–Crippen MR) is 243 cm³/mol. The third-order valence-corrected chi connectivity index (χ3v) is 15.5. The van der Waals surface area contributed by atoms with Crippen LogP contribution in [-0.4, -0.2) is 194 Å². The molecule has 4 heterocycles. The molecule has 0 aromatic rings. The van der Waals surface area contributed by atoms with E-state index in [0.717, 1.165) is 46.5 Å². The van der Waals surface area contributed by atoms with Crippen LogP contribution in [0.15, 0.2) is 0 Å². The Labute approximate surface area is 756 Å². The first-order chi connectivity index (χ1) is 39.7. The van der Waals surface area contributed by atoms with Gasteiger partial charge in [0.1, 0.15) is 48.8 Å². The number of hydrogen-bond donors (Lipinski definition) is 0. The summed E-state index contributed by atoms with van der Waals surface area (Å²) in [5.41, 5.74) is 0. The molecule has 44 nitrogen and oxygen atoms in total. The first-order valence-electron chi connectivity index (χ1n) is 23.3. The summed E-state index contributed by atoms with van der Waals surface area (Å²) in [5, 5.41) is 55.8. The van der Waals surface area contributed by atoms with Gasteiger partial charge in [-0.05, 0) is 34.1 Å². The Balaban J connectivity index is -0.00000215. The van der Waals surface area contributed by atoms with Gasteiger partial charge in [-0.1, -0.05) is 39.0 Å². The van der Waals surface area contributed by atoms with Gasteiger partial charge in [-0.3, -0.25) is 57.8 Å². The van der Waals surface area contributed by atoms with E-state index in [2.05, 4.69) is 45.9 Å². The van der Waals surface area contributed by atoms with E-state index in [1.54, 1.807) is 0 Å². The van der Waals surface area contributed by atoms with Crippen molar-refractivity contribution in [3.8, 4) is 0 Å². The molecule has 62 heteroatoms. The van der Waals surface area contributed by atoms with E-state index >= 15 is 0 Å². The molecule has 4 fully saturated rings. The van der Waals surface area contributed by atoms with Gasteiger partial charge in [0.05, 0.1) is 24.4 Å². The van der Waals surface area contributed by atoms with Gasteiger partial charge in [-0.25, -0.2) is 42.1 Å². The third kappa shape index (κ3) is 41.9. The quantitative estimate of drug-likeness (QED) is 0.0105. The minimum atomic E-state index is -6.32. The van der Waals surface area contributed by atoms with Crippen LogP contribution in [0.1, 0.15) is 73.1 Å². The summed E-state index contributed by atoms with van der Waals surface area (Å²) in [7, 11) is -30.8. The fourth-order valence-corrected chi connectivity index (χ4v) is 12.4. The van der Waals surface area contributed by atoms with Crippen LogP contribution in [0.5, 0.6) is 0 Å². The van der Waals surface area contributed by atoms with E-state index in [4.69, 9.17) is 67.2 Å². The fourth-order valence-electron chi connectivity index (χ4n) is 8.39. The summed E-state index contributed by atoms with van der Waals surface area (Å²) in [6, 6.07) is 0. The van der Waals surface area contributed by atoms with Crippen LogP contribution in [0.3, 0.4) is 0 Å². The van der Waals surface area contributed by atoms with Crippen LogP contribution < -0.4 is 287 Å². The van der Waals surface area contributed by atoms with Crippen LogP contribution in [0, 0.1) is 0 Å². The maximum Gasteiger partial charge on any atom is 1.00 e. The van der Waals surface area contributed by atoms with Crippen molar-refractivity contribution < 1.29 is 465 Å².